The van der Waals surface area contributed by atoms with Crippen LogP contribution >= 0.6 is 0 Å². The number of benzene rings is 1. The highest BCUT2D eigenvalue weighted by molar-refractivity contribution is 5.93. The van der Waals surface area contributed by atoms with Gasteiger partial charge in [-0.3, -0.25) is 9.69 Å². The molecule has 0 unspecified atom stereocenters. The maximum atomic E-state index is 12.0. The van der Waals surface area contributed by atoms with Gasteiger partial charge in [0.2, 0.25) is 5.91 Å². The molecule has 4 heteroatoms. The van der Waals surface area contributed by atoms with Crippen LogP contribution in [0.25, 0.3) is 0 Å². The van der Waals surface area contributed by atoms with E-state index in [-0.39, 0.29) is 18.5 Å². The fraction of sp³-hybridized carbons (Fsp3) is 0.467. The Bertz CT molecular complexity index is 491. The molecule has 4 nitrogen and oxygen atoms in total. The molecule has 1 amide bonds. The van der Waals surface area contributed by atoms with Crippen molar-refractivity contribution in [3.63, 3.8) is 0 Å². The Labute approximate surface area is 115 Å². The molecule has 0 bridgehead atoms. The number of hydrogen-bond donors (Lipinski definition) is 1. The van der Waals surface area contributed by atoms with E-state index in [1.165, 1.54) is 0 Å². The minimum absolute atomic E-state index is 0.0546. The van der Waals surface area contributed by atoms with Crippen molar-refractivity contribution in [1.29, 1.82) is 5.26 Å². The number of nitrogens with zero attached hydrogens (tertiary/aromatic N) is 2. The highest BCUT2D eigenvalue weighted by Gasteiger charge is 2.13. The summed E-state index contributed by atoms with van der Waals surface area (Å²) in [5, 5.41) is 11.6. The number of rotatable bonds is 5. The predicted molar refractivity (Wildman–Crippen MR) is 76.9 cm³/mol. The normalized spacial score (nSPS) is 12.0. The molecule has 19 heavy (non-hydrogen) atoms. The zero-order valence-electron chi connectivity index (χ0n) is 12.0. The van der Waals surface area contributed by atoms with Crippen LogP contribution in [0.4, 0.5) is 5.69 Å². The Hall–Kier alpha value is -1.86. The second-order valence-electron chi connectivity index (χ2n) is 4.92. The molecule has 102 valence electrons. The SMILES string of the molecule is Cc1cccc(NC(=O)CN(C)[C@@H](C)CC#N)c1C. The molecule has 0 aliphatic carbocycles. The first-order valence-corrected chi connectivity index (χ1v) is 6.39. The summed E-state index contributed by atoms with van der Waals surface area (Å²) in [6, 6.07) is 8.04. The van der Waals surface area contributed by atoms with Crippen LogP contribution in [0.2, 0.25) is 0 Å². The van der Waals surface area contributed by atoms with Gasteiger partial charge in [-0.25, -0.2) is 0 Å². The van der Waals surface area contributed by atoms with E-state index in [1.807, 2.05) is 50.9 Å². The number of carbonyl (C=O) groups excluding carboxylic acids is 1. The predicted octanol–water partition coefficient (Wildman–Crippen LogP) is 2.48. The first kappa shape index (κ1) is 15.2. The van der Waals surface area contributed by atoms with Crippen LogP contribution in [0.15, 0.2) is 18.2 Å². The summed E-state index contributed by atoms with van der Waals surface area (Å²) in [5.41, 5.74) is 3.10. The van der Waals surface area contributed by atoms with Gasteiger partial charge in [-0.1, -0.05) is 12.1 Å². The van der Waals surface area contributed by atoms with Crippen LogP contribution in [0.1, 0.15) is 24.5 Å². The molecule has 0 spiro atoms. The van der Waals surface area contributed by atoms with E-state index in [0.29, 0.717) is 6.42 Å². The van der Waals surface area contributed by atoms with Gasteiger partial charge in [0, 0.05) is 11.7 Å². The molecule has 0 fully saturated rings. The number of aryl methyl sites for hydroxylation is 1. The average Bonchev–Trinajstić information content (AvgIpc) is 2.35. The van der Waals surface area contributed by atoms with Crippen molar-refractivity contribution in [3.05, 3.63) is 29.3 Å². The first-order chi connectivity index (χ1) is 8.95. The van der Waals surface area contributed by atoms with Crippen molar-refractivity contribution >= 4 is 11.6 Å². The molecule has 0 aliphatic rings. The molecule has 0 saturated carbocycles. The van der Waals surface area contributed by atoms with Gasteiger partial charge in [0.05, 0.1) is 19.0 Å². The van der Waals surface area contributed by atoms with Gasteiger partial charge in [0.1, 0.15) is 0 Å². The monoisotopic (exact) mass is 259 g/mol. The Morgan fingerprint density at radius 1 is 1.47 bits per heavy atom. The summed E-state index contributed by atoms with van der Waals surface area (Å²) in [6.07, 6.45) is 0.424. The van der Waals surface area contributed by atoms with Crippen LogP contribution in [-0.4, -0.2) is 30.4 Å². The molecule has 1 rings (SSSR count). The lowest BCUT2D eigenvalue weighted by atomic mass is 10.1. The number of nitrogens with one attached hydrogen (secondary N) is 1. The summed E-state index contributed by atoms with van der Waals surface area (Å²) in [5.74, 6) is -0.0546. The topological polar surface area (TPSA) is 56.1 Å². The van der Waals surface area contributed by atoms with E-state index in [4.69, 9.17) is 5.26 Å². The van der Waals surface area contributed by atoms with Gasteiger partial charge >= 0.3 is 0 Å². The third-order valence-electron chi connectivity index (χ3n) is 3.41. The molecule has 0 saturated heterocycles. The highest BCUT2D eigenvalue weighted by atomic mass is 16.2. The maximum Gasteiger partial charge on any atom is 0.238 e. The van der Waals surface area contributed by atoms with Crippen molar-refractivity contribution in [3.8, 4) is 6.07 Å². The molecule has 1 aromatic carbocycles. The Morgan fingerprint density at radius 2 is 2.16 bits per heavy atom. The fourth-order valence-electron chi connectivity index (χ4n) is 1.75. The number of likely N-dealkylation sites (N-methyl/N-ethyl adjacent to an activating group) is 1. The van der Waals surface area contributed by atoms with E-state index in [2.05, 4.69) is 11.4 Å². The molecule has 0 heterocycles. The number of anilines is 1. The van der Waals surface area contributed by atoms with Gasteiger partial charge in [0.15, 0.2) is 0 Å². The van der Waals surface area contributed by atoms with Gasteiger partial charge in [0.25, 0.3) is 0 Å². The van der Waals surface area contributed by atoms with E-state index in [1.54, 1.807) is 0 Å². The lowest BCUT2D eigenvalue weighted by Crippen LogP contribution is -2.36. The lowest BCUT2D eigenvalue weighted by Gasteiger charge is -2.22. The number of carbonyl (C=O) groups is 1. The maximum absolute atomic E-state index is 12.0. The van der Waals surface area contributed by atoms with Gasteiger partial charge in [-0.15, -0.1) is 0 Å². The van der Waals surface area contributed by atoms with Crippen LogP contribution in [0, 0.1) is 25.2 Å². The zero-order chi connectivity index (χ0) is 14.4. The Kier molecular flexibility index (Phi) is 5.53. The third kappa shape index (κ3) is 4.38. The van der Waals surface area contributed by atoms with Crippen molar-refractivity contribution < 1.29 is 4.79 Å². The van der Waals surface area contributed by atoms with Gasteiger partial charge in [-0.05, 0) is 45.0 Å². The minimum Gasteiger partial charge on any atom is -0.325 e. The highest BCUT2D eigenvalue weighted by Crippen LogP contribution is 2.17. The second kappa shape index (κ2) is 6.91. The molecule has 1 aromatic rings. The summed E-state index contributed by atoms with van der Waals surface area (Å²) in [4.78, 5) is 13.8. The van der Waals surface area contributed by atoms with Crippen molar-refractivity contribution in [2.75, 3.05) is 18.9 Å². The minimum atomic E-state index is -0.0546. The number of nitriles is 1. The van der Waals surface area contributed by atoms with Gasteiger partial charge < -0.3 is 5.32 Å². The molecule has 1 N–H and O–H groups in total. The Morgan fingerprint density at radius 3 is 2.79 bits per heavy atom. The summed E-state index contributed by atoms with van der Waals surface area (Å²) in [7, 11) is 1.85. The number of amides is 1. The molecule has 0 aliphatic heterocycles. The molecule has 1 atom stereocenters. The van der Waals surface area contributed by atoms with E-state index >= 15 is 0 Å². The molecular weight excluding hydrogens is 238 g/mol. The second-order valence-corrected chi connectivity index (χ2v) is 4.92. The number of hydrogen-bond acceptors (Lipinski definition) is 3. The van der Waals surface area contributed by atoms with E-state index < -0.39 is 0 Å². The molecule has 0 radical (unpaired) electrons. The molecular formula is C15H21N3O. The Balaban J connectivity index is 2.61. The molecule has 0 aromatic heterocycles. The van der Waals surface area contributed by atoms with E-state index in [9.17, 15) is 4.79 Å². The smallest absolute Gasteiger partial charge is 0.238 e. The van der Waals surface area contributed by atoms with Crippen molar-refractivity contribution in [1.82, 2.24) is 4.90 Å². The van der Waals surface area contributed by atoms with Gasteiger partial charge in [-0.2, -0.15) is 5.26 Å². The summed E-state index contributed by atoms with van der Waals surface area (Å²) >= 11 is 0. The zero-order valence-corrected chi connectivity index (χ0v) is 12.0. The summed E-state index contributed by atoms with van der Waals surface area (Å²) < 4.78 is 0. The van der Waals surface area contributed by atoms with Crippen LogP contribution in [-0.2, 0) is 4.79 Å². The van der Waals surface area contributed by atoms with E-state index in [0.717, 1.165) is 16.8 Å². The average molecular weight is 259 g/mol. The van der Waals surface area contributed by atoms with Crippen molar-refractivity contribution in [2.45, 2.75) is 33.2 Å². The fourth-order valence-corrected chi connectivity index (χ4v) is 1.75. The standard InChI is InChI=1S/C15H21N3O/c1-11-6-5-7-14(13(11)3)17-15(19)10-18(4)12(2)8-9-16/h5-7,12H,8,10H2,1-4H3,(H,17,19)/t12-/m0/s1. The largest absolute Gasteiger partial charge is 0.325 e. The summed E-state index contributed by atoms with van der Waals surface area (Å²) in [6.45, 7) is 6.24. The van der Waals surface area contributed by atoms with Crippen LogP contribution in [0.3, 0.4) is 0 Å². The van der Waals surface area contributed by atoms with Crippen molar-refractivity contribution in [2.24, 2.45) is 0 Å². The third-order valence-corrected chi connectivity index (χ3v) is 3.41. The van der Waals surface area contributed by atoms with Crippen LogP contribution < -0.4 is 5.32 Å². The quantitative estimate of drug-likeness (QED) is 0.883. The lowest BCUT2D eigenvalue weighted by molar-refractivity contribution is -0.117. The van der Waals surface area contributed by atoms with Crippen LogP contribution in [0.5, 0.6) is 0 Å². The first-order valence-electron chi connectivity index (χ1n) is 6.39.